The molecule has 27 heavy (non-hydrogen) atoms. The molecule has 1 amide bonds. The molecule has 4 rings (SSSR count). The Hall–Kier alpha value is -3.15. The highest BCUT2D eigenvalue weighted by Gasteiger charge is 2.31. The molecule has 0 spiro atoms. The minimum absolute atomic E-state index is 0.0675. The summed E-state index contributed by atoms with van der Waals surface area (Å²) in [5.41, 5.74) is 3.90. The third-order valence-corrected chi connectivity index (χ3v) is 5.20. The van der Waals surface area contributed by atoms with Crippen LogP contribution in [0.1, 0.15) is 34.2 Å². The van der Waals surface area contributed by atoms with E-state index in [4.69, 9.17) is 0 Å². The molecule has 3 heterocycles. The summed E-state index contributed by atoms with van der Waals surface area (Å²) in [6, 6.07) is 11.4. The smallest absolute Gasteiger partial charge is 0.275 e. The molecule has 138 valence electrons. The van der Waals surface area contributed by atoms with E-state index in [0.717, 1.165) is 16.8 Å². The lowest BCUT2D eigenvalue weighted by Gasteiger charge is -2.36. The van der Waals surface area contributed by atoms with Crippen molar-refractivity contribution in [2.24, 2.45) is 0 Å². The molecule has 1 aliphatic heterocycles. The SMILES string of the molecule is Cc1cn(-c2ccc3n(c2=O)C[C@@H](C)N(Cc2ccccc2C)C3=O)cn1. The highest BCUT2D eigenvalue weighted by atomic mass is 16.2. The van der Waals surface area contributed by atoms with E-state index in [-0.39, 0.29) is 17.5 Å². The number of fused-ring (bicyclic) bond motifs is 1. The Morgan fingerprint density at radius 1 is 1.11 bits per heavy atom. The van der Waals surface area contributed by atoms with Crippen LogP contribution in [0, 0.1) is 13.8 Å². The maximum Gasteiger partial charge on any atom is 0.275 e. The van der Waals surface area contributed by atoms with Crippen LogP contribution >= 0.6 is 0 Å². The Morgan fingerprint density at radius 2 is 1.89 bits per heavy atom. The summed E-state index contributed by atoms with van der Waals surface area (Å²) in [4.78, 5) is 32.1. The van der Waals surface area contributed by atoms with E-state index in [9.17, 15) is 9.59 Å². The summed E-state index contributed by atoms with van der Waals surface area (Å²) in [5, 5.41) is 0. The Bertz CT molecular complexity index is 1080. The molecule has 1 aliphatic rings. The van der Waals surface area contributed by atoms with Crippen molar-refractivity contribution in [3.63, 3.8) is 0 Å². The number of pyridine rings is 1. The summed E-state index contributed by atoms with van der Waals surface area (Å²) in [6.07, 6.45) is 3.43. The van der Waals surface area contributed by atoms with Crippen LogP contribution in [-0.4, -0.2) is 31.0 Å². The average Bonchev–Trinajstić information content (AvgIpc) is 3.07. The van der Waals surface area contributed by atoms with Gasteiger partial charge < -0.3 is 14.0 Å². The van der Waals surface area contributed by atoms with Crippen molar-refractivity contribution >= 4 is 5.91 Å². The highest BCUT2D eigenvalue weighted by Crippen LogP contribution is 2.21. The number of nitrogens with zero attached hydrogens (tertiary/aromatic N) is 4. The van der Waals surface area contributed by atoms with Gasteiger partial charge in [0.2, 0.25) is 0 Å². The molecule has 0 saturated carbocycles. The van der Waals surface area contributed by atoms with Gasteiger partial charge in [0.1, 0.15) is 11.4 Å². The molecule has 0 radical (unpaired) electrons. The van der Waals surface area contributed by atoms with Gasteiger partial charge in [0, 0.05) is 25.3 Å². The fraction of sp³-hybridized carbons (Fsp3) is 0.286. The lowest BCUT2D eigenvalue weighted by atomic mass is 10.1. The summed E-state index contributed by atoms with van der Waals surface area (Å²) in [7, 11) is 0. The fourth-order valence-electron chi connectivity index (χ4n) is 3.59. The van der Waals surface area contributed by atoms with Gasteiger partial charge in [-0.15, -0.1) is 0 Å². The van der Waals surface area contributed by atoms with Crippen molar-refractivity contribution < 1.29 is 4.79 Å². The number of rotatable bonds is 3. The standard InChI is InChI=1S/C21H22N4O2/c1-14-6-4-5-7-17(14)12-24-16(3)11-25-19(21(24)27)9-8-18(20(25)26)23-10-15(2)22-13-23/h4-10,13,16H,11-12H2,1-3H3/t16-/m1/s1. The minimum Gasteiger partial charge on any atom is -0.329 e. The summed E-state index contributed by atoms with van der Waals surface area (Å²) < 4.78 is 3.30. The molecule has 2 aromatic heterocycles. The zero-order valence-corrected chi connectivity index (χ0v) is 15.7. The van der Waals surface area contributed by atoms with Crippen LogP contribution in [0.5, 0.6) is 0 Å². The first-order chi connectivity index (χ1) is 13.0. The van der Waals surface area contributed by atoms with E-state index < -0.39 is 0 Å². The molecule has 0 unspecified atom stereocenters. The average molecular weight is 362 g/mol. The van der Waals surface area contributed by atoms with E-state index in [0.29, 0.717) is 24.5 Å². The van der Waals surface area contributed by atoms with Gasteiger partial charge in [-0.3, -0.25) is 9.59 Å². The number of carbonyl (C=O) groups is 1. The molecule has 0 bridgehead atoms. The van der Waals surface area contributed by atoms with Gasteiger partial charge in [0.15, 0.2) is 0 Å². The lowest BCUT2D eigenvalue weighted by molar-refractivity contribution is 0.0589. The van der Waals surface area contributed by atoms with Crippen molar-refractivity contribution in [1.29, 1.82) is 0 Å². The van der Waals surface area contributed by atoms with Gasteiger partial charge in [0.25, 0.3) is 11.5 Å². The Kier molecular flexibility index (Phi) is 4.18. The summed E-state index contributed by atoms with van der Waals surface area (Å²) in [6.45, 7) is 6.93. The Balaban J connectivity index is 1.71. The second kappa shape index (κ2) is 6.54. The molecule has 6 heteroatoms. The summed E-state index contributed by atoms with van der Waals surface area (Å²) in [5.74, 6) is -0.109. The predicted molar refractivity (Wildman–Crippen MR) is 103 cm³/mol. The van der Waals surface area contributed by atoms with Gasteiger partial charge in [-0.05, 0) is 44.0 Å². The van der Waals surface area contributed by atoms with Crippen molar-refractivity contribution in [3.05, 3.63) is 81.8 Å². The second-order valence-corrected chi connectivity index (χ2v) is 7.15. The van der Waals surface area contributed by atoms with Crippen LogP contribution < -0.4 is 5.56 Å². The molecule has 0 saturated heterocycles. The second-order valence-electron chi connectivity index (χ2n) is 7.15. The quantitative estimate of drug-likeness (QED) is 0.720. The topological polar surface area (TPSA) is 60.1 Å². The van der Waals surface area contributed by atoms with Gasteiger partial charge >= 0.3 is 0 Å². The normalized spacial score (nSPS) is 16.5. The Labute approximate surface area is 157 Å². The van der Waals surface area contributed by atoms with Crippen LogP contribution in [0.4, 0.5) is 0 Å². The number of benzene rings is 1. The highest BCUT2D eigenvalue weighted by molar-refractivity contribution is 5.93. The number of aryl methyl sites for hydroxylation is 2. The van der Waals surface area contributed by atoms with Crippen LogP contribution in [0.25, 0.3) is 5.69 Å². The van der Waals surface area contributed by atoms with Crippen molar-refractivity contribution in [3.8, 4) is 5.69 Å². The number of hydrogen-bond acceptors (Lipinski definition) is 3. The molecular formula is C21H22N4O2. The zero-order valence-electron chi connectivity index (χ0n) is 15.7. The van der Waals surface area contributed by atoms with Crippen LogP contribution in [0.15, 0.2) is 53.7 Å². The van der Waals surface area contributed by atoms with Gasteiger partial charge in [0.05, 0.1) is 12.0 Å². The number of aromatic nitrogens is 3. The van der Waals surface area contributed by atoms with Gasteiger partial charge in [-0.2, -0.15) is 0 Å². The fourth-order valence-corrected chi connectivity index (χ4v) is 3.59. The van der Waals surface area contributed by atoms with E-state index >= 15 is 0 Å². The van der Waals surface area contributed by atoms with E-state index in [2.05, 4.69) is 4.98 Å². The third kappa shape index (κ3) is 2.97. The molecule has 3 aromatic rings. The van der Waals surface area contributed by atoms with Crippen LogP contribution in [0.3, 0.4) is 0 Å². The summed E-state index contributed by atoms with van der Waals surface area (Å²) >= 11 is 0. The van der Waals surface area contributed by atoms with E-state index in [1.807, 2.05) is 56.1 Å². The molecular weight excluding hydrogens is 340 g/mol. The molecule has 0 N–H and O–H groups in total. The number of imidazole rings is 1. The van der Waals surface area contributed by atoms with Crippen molar-refractivity contribution in [1.82, 2.24) is 19.0 Å². The Morgan fingerprint density at radius 3 is 2.59 bits per heavy atom. The lowest BCUT2D eigenvalue weighted by Crippen LogP contribution is -2.49. The first-order valence-corrected chi connectivity index (χ1v) is 9.06. The predicted octanol–water partition coefficient (Wildman–Crippen LogP) is 2.70. The third-order valence-electron chi connectivity index (χ3n) is 5.20. The number of carbonyl (C=O) groups excluding carboxylic acids is 1. The monoisotopic (exact) mass is 362 g/mol. The molecule has 0 aliphatic carbocycles. The maximum absolute atomic E-state index is 13.1. The van der Waals surface area contributed by atoms with E-state index in [1.165, 1.54) is 0 Å². The van der Waals surface area contributed by atoms with Gasteiger partial charge in [-0.25, -0.2) is 4.98 Å². The van der Waals surface area contributed by atoms with Gasteiger partial charge in [-0.1, -0.05) is 24.3 Å². The molecule has 1 atom stereocenters. The van der Waals surface area contributed by atoms with E-state index in [1.54, 1.807) is 27.6 Å². The maximum atomic E-state index is 13.1. The van der Waals surface area contributed by atoms with Crippen LogP contribution in [0.2, 0.25) is 0 Å². The van der Waals surface area contributed by atoms with Crippen molar-refractivity contribution in [2.45, 2.75) is 39.9 Å². The van der Waals surface area contributed by atoms with Crippen LogP contribution in [-0.2, 0) is 13.1 Å². The molecule has 1 aromatic carbocycles. The first-order valence-electron chi connectivity index (χ1n) is 9.06. The molecule has 6 nitrogen and oxygen atoms in total. The molecule has 0 fully saturated rings. The number of amides is 1. The largest absolute Gasteiger partial charge is 0.329 e. The first kappa shape index (κ1) is 17.3. The minimum atomic E-state index is -0.166. The van der Waals surface area contributed by atoms with Crippen molar-refractivity contribution in [2.75, 3.05) is 0 Å². The zero-order chi connectivity index (χ0) is 19.1. The number of hydrogen-bond donors (Lipinski definition) is 0.